The van der Waals surface area contributed by atoms with Crippen LogP contribution >= 0.6 is 11.3 Å². The first kappa shape index (κ1) is 25.5. The van der Waals surface area contributed by atoms with E-state index in [-0.39, 0.29) is 27.8 Å². The lowest BCUT2D eigenvalue weighted by molar-refractivity contribution is 0.0602. The summed E-state index contributed by atoms with van der Waals surface area (Å²) >= 11 is 1.16. The minimum Gasteiger partial charge on any atom is -0.465 e. The average molecular weight is 553 g/mol. The summed E-state index contributed by atoms with van der Waals surface area (Å²) in [4.78, 5) is 28.6. The third-order valence-corrected chi connectivity index (χ3v) is 9.18. The summed E-state index contributed by atoms with van der Waals surface area (Å²) in [5.74, 6) is 0.157. The number of H-pyrrole nitrogens is 1. The van der Waals surface area contributed by atoms with E-state index in [0.717, 1.165) is 21.8 Å². The monoisotopic (exact) mass is 552 g/mol. The van der Waals surface area contributed by atoms with Crippen LogP contribution in [0.25, 0.3) is 22.2 Å². The molecule has 0 fully saturated rings. The minimum atomic E-state index is -3.92. The number of benzene rings is 2. The van der Waals surface area contributed by atoms with Crippen molar-refractivity contribution in [1.82, 2.24) is 14.7 Å². The molecule has 0 saturated heterocycles. The van der Waals surface area contributed by atoms with Crippen molar-refractivity contribution in [2.45, 2.75) is 31.5 Å². The van der Waals surface area contributed by atoms with E-state index in [0.29, 0.717) is 33.5 Å². The van der Waals surface area contributed by atoms with Crippen LogP contribution in [-0.4, -0.2) is 36.2 Å². The van der Waals surface area contributed by atoms with Crippen LogP contribution in [0, 0.1) is 20.8 Å². The van der Waals surface area contributed by atoms with Gasteiger partial charge in [-0.1, -0.05) is 35.5 Å². The molecule has 3 aromatic heterocycles. The number of imidazole rings is 1. The number of nitrogens with zero attached hydrogens (tertiary/aromatic N) is 2. The molecular weight excluding hydrogens is 528 g/mol. The number of para-hydroxylation sites is 1. The zero-order valence-corrected chi connectivity index (χ0v) is 22.6. The Morgan fingerprint density at radius 3 is 2.55 bits per heavy atom. The van der Waals surface area contributed by atoms with Crippen molar-refractivity contribution in [3.8, 4) is 11.1 Å². The highest BCUT2D eigenvalue weighted by molar-refractivity contribution is 7.94. The normalized spacial score (nSPS) is 11.7. The molecule has 196 valence electrons. The SMILES string of the molecule is COC(=O)c1cccc2[nH]c(=O)n(Cc3ccc(-c4cc(C)sc4S(=O)(=O)Nc4noc(C)c4C)cc3)c12. The average Bonchev–Trinajstić information content (AvgIpc) is 3.55. The number of nitrogens with one attached hydrogen (secondary N) is 2. The van der Waals surface area contributed by atoms with E-state index in [2.05, 4.69) is 14.9 Å². The molecule has 0 spiro atoms. The number of thiophene rings is 1. The van der Waals surface area contributed by atoms with Crippen molar-refractivity contribution in [2.75, 3.05) is 11.8 Å². The predicted molar refractivity (Wildman–Crippen MR) is 144 cm³/mol. The van der Waals surface area contributed by atoms with Crippen molar-refractivity contribution in [3.05, 3.63) is 86.3 Å². The van der Waals surface area contributed by atoms with Crippen LogP contribution < -0.4 is 10.4 Å². The first-order valence-electron chi connectivity index (χ1n) is 11.5. The summed E-state index contributed by atoms with van der Waals surface area (Å²) in [7, 11) is -2.63. The van der Waals surface area contributed by atoms with E-state index >= 15 is 0 Å². The first-order valence-corrected chi connectivity index (χ1v) is 13.8. The van der Waals surface area contributed by atoms with E-state index in [4.69, 9.17) is 9.26 Å². The van der Waals surface area contributed by atoms with Crippen molar-refractivity contribution >= 4 is 44.2 Å². The number of anilines is 1. The van der Waals surface area contributed by atoms with Crippen LogP contribution in [0.3, 0.4) is 0 Å². The Kier molecular flexibility index (Phi) is 6.45. The number of aromatic amines is 1. The molecule has 0 bridgehead atoms. The molecule has 10 nitrogen and oxygen atoms in total. The maximum absolute atomic E-state index is 13.3. The number of sulfonamides is 1. The van der Waals surface area contributed by atoms with Gasteiger partial charge in [-0.25, -0.2) is 18.0 Å². The maximum Gasteiger partial charge on any atom is 0.340 e. The number of esters is 1. The Balaban J connectivity index is 1.47. The number of ether oxygens (including phenoxy) is 1. The minimum absolute atomic E-state index is 0.158. The molecule has 38 heavy (non-hydrogen) atoms. The zero-order valence-electron chi connectivity index (χ0n) is 21.0. The van der Waals surface area contributed by atoms with Crippen LogP contribution in [-0.2, 0) is 21.3 Å². The summed E-state index contributed by atoms with van der Waals surface area (Å²) in [5.41, 5.74) is 3.59. The quantitative estimate of drug-likeness (QED) is 0.282. The number of aromatic nitrogens is 3. The summed E-state index contributed by atoms with van der Waals surface area (Å²) in [5, 5.41) is 3.81. The summed E-state index contributed by atoms with van der Waals surface area (Å²) in [6.45, 7) is 5.49. The molecule has 5 aromatic rings. The fraction of sp³-hybridized carbons (Fsp3) is 0.192. The van der Waals surface area contributed by atoms with Crippen molar-refractivity contribution in [2.24, 2.45) is 0 Å². The highest BCUT2D eigenvalue weighted by atomic mass is 32.2. The molecule has 0 unspecified atom stereocenters. The van der Waals surface area contributed by atoms with Gasteiger partial charge in [-0.2, -0.15) is 0 Å². The highest BCUT2D eigenvalue weighted by Gasteiger charge is 2.25. The van der Waals surface area contributed by atoms with Crippen LogP contribution in [0.4, 0.5) is 5.82 Å². The van der Waals surface area contributed by atoms with Gasteiger partial charge in [0.1, 0.15) is 9.97 Å². The maximum atomic E-state index is 13.3. The zero-order chi connectivity index (χ0) is 27.2. The molecular formula is C26H24N4O6S2. The van der Waals surface area contributed by atoms with Gasteiger partial charge in [0, 0.05) is 16.0 Å². The third-order valence-electron chi connectivity index (χ3n) is 6.26. The second kappa shape index (κ2) is 9.62. The molecule has 2 N–H and O–H groups in total. The van der Waals surface area contributed by atoms with E-state index in [1.54, 1.807) is 32.0 Å². The molecule has 0 aliphatic heterocycles. The van der Waals surface area contributed by atoms with Crippen LogP contribution in [0.1, 0.15) is 32.1 Å². The third kappa shape index (κ3) is 4.52. The number of rotatable bonds is 7. The topological polar surface area (TPSA) is 136 Å². The van der Waals surface area contributed by atoms with E-state index in [1.165, 1.54) is 11.7 Å². The van der Waals surface area contributed by atoms with Gasteiger partial charge in [0.05, 0.1) is 30.3 Å². The fourth-order valence-electron chi connectivity index (χ4n) is 4.20. The van der Waals surface area contributed by atoms with Gasteiger partial charge in [-0.05, 0) is 50.1 Å². The van der Waals surface area contributed by atoms with E-state index < -0.39 is 16.0 Å². The largest absolute Gasteiger partial charge is 0.465 e. The number of carbonyl (C=O) groups is 1. The Morgan fingerprint density at radius 1 is 1.16 bits per heavy atom. The molecule has 0 saturated carbocycles. The lowest BCUT2D eigenvalue weighted by atomic mass is 10.1. The summed E-state index contributed by atoms with van der Waals surface area (Å²) in [6.07, 6.45) is 0. The molecule has 3 heterocycles. The lowest BCUT2D eigenvalue weighted by Crippen LogP contribution is -2.18. The molecule has 0 radical (unpaired) electrons. The summed E-state index contributed by atoms with van der Waals surface area (Å²) in [6, 6.07) is 14.1. The van der Waals surface area contributed by atoms with Gasteiger partial charge in [0.15, 0.2) is 5.82 Å². The Hall–Kier alpha value is -4.16. The Bertz CT molecular complexity index is 1840. The van der Waals surface area contributed by atoms with Gasteiger partial charge in [-0.3, -0.25) is 9.29 Å². The molecule has 2 aromatic carbocycles. The van der Waals surface area contributed by atoms with Gasteiger partial charge in [0.2, 0.25) is 0 Å². The van der Waals surface area contributed by atoms with Gasteiger partial charge >= 0.3 is 11.7 Å². The number of aryl methyl sites for hydroxylation is 2. The van der Waals surface area contributed by atoms with Crippen LogP contribution in [0.15, 0.2) is 62.1 Å². The molecule has 0 aliphatic rings. The van der Waals surface area contributed by atoms with Gasteiger partial charge in [-0.15, -0.1) is 11.3 Å². The van der Waals surface area contributed by atoms with E-state index in [1.807, 2.05) is 37.3 Å². The smallest absolute Gasteiger partial charge is 0.340 e. The molecule has 5 rings (SSSR count). The Labute approximate surface area is 221 Å². The van der Waals surface area contributed by atoms with E-state index in [9.17, 15) is 18.0 Å². The fourth-order valence-corrected chi connectivity index (χ4v) is 6.92. The van der Waals surface area contributed by atoms with Crippen molar-refractivity contribution < 1.29 is 22.5 Å². The second-order valence-corrected chi connectivity index (χ2v) is 11.9. The Morgan fingerprint density at radius 2 is 1.89 bits per heavy atom. The summed E-state index contributed by atoms with van der Waals surface area (Å²) < 4.78 is 40.7. The number of fused-ring (bicyclic) bond motifs is 1. The van der Waals surface area contributed by atoms with Gasteiger partial charge < -0.3 is 14.2 Å². The van der Waals surface area contributed by atoms with Crippen LogP contribution in [0.5, 0.6) is 0 Å². The molecule has 12 heteroatoms. The molecule has 0 amide bonds. The standard InChI is InChI=1S/C26H24N4O6S2/c1-14-12-20(25(37-14)38(33,34)29-23-15(2)16(3)36-28-23)18-10-8-17(9-11-18)13-30-22-19(24(31)35-4)6-5-7-21(22)27-26(30)32/h5-12H,13H2,1-4H3,(H,27,32)(H,28,29). The molecule has 0 atom stereocenters. The van der Waals surface area contributed by atoms with Crippen LogP contribution in [0.2, 0.25) is 0 Å². The number of hydrogen-bond acceptors (Lipinski definition) is 8. The number of carbonyl (C=O) groups excluding carboxylic acids is 1. The van der Waals surface area contributed by atoms with Crippen molar-refractivity contribution in [1.29, 1.82) is 0 Å². The van der Waals surface area contributed by atoms with Gasteiger partial charge in [0.25, 0.3) is 10.0 Å². The predicted octanol–water partition coefficient (Wildman–Crippen LogP) is 4.61. The first-order chi connectivity index (χ1) is 18.1. The highest BCUT2D eigenvalue weighted by Crippen LogP contribution is 2.36. The number of hydrogen-bond donors (Lipinski definition) is 2. The second-order valence-electron chi connectivity index (χ2n) is 8.78. The number of methoxy groups -OCH3 is 1. The molecule has 0 aliphatic carbocycles. The van der Waals surface area contributed by atoms with Crippen molar-refractivity contribution in [3.63, 3.8) is 0 Å². The lowest BCUT2D eigenvalue weighted by Gasteiger charge is -2.09.